The molecule has 2 aromatic carbocycles. The van der Waals surface area contributed by atoms with Crippen LogP contribution in [-0.2, 0) is 11.2 Å². The van der Waals surface area contributed by atoms with Crippen LogP contribution in [0.15, 0.2) is 56.7 Å². The number of carbonyl (C=O) groups is 1. The topological polar surface area (TPSA) is 37.3 Å². The Balaban J connectivity index is 2.17. The molecule has 2 nitrogen and oxygen atoms in total. The normalized spacial score (nSPS) is 10.4. The molecule has 0 aliphatic carbocycles. The molecule has 0 aromatic heterocycles. The van der Waals surface area contributed by atoms with Crippen molar-refractivity contribution in [1.82, 2.24) is 0 Å². The molecule has 5 heteroatoms. The number of carboxylic acids is 1. The molecule has 0 saturated carbocycles. The summed E-state index contributed by atoms with van der Waals surface area (Å²) in [4.78, 5) is 12.6. The van der Waals surface area contributed by atoms with Crippen LogP contribution in [0.2, 0.25) is 5.02 Å². The lowest BCUT2D eigenvalue weighted by molar-refractivity contribution is -0.136. The van der Waals surface area contributed by atoms with E-state index in [1.807, 2.05) is 30.3 Å². The number of hydrogen-bond acceptors (Lipinski definition) is 2. The highest BCUT2D eigenvalue weighted by atomic mass is 79.9. The van der Waals surface area contributed by atoms with Crippen molar-refractivity contribution in [2.45, 2.75) is 16.2 Å². The molecule has 0 spiro atoms. The molecule has 19 heavy (non-hydrogen) atoms. The zero-order chi connectivity index (χ0) is 13.8. The van der Waals surface area contributed by atoms with Crippen molar-refractivity contribution < 1.29 is 9.90 Å². The van der Waals surface area contributed by atoms with Gasteiger partial charge in [-0.3, -0.25) is 4.79 Å². The van der Waals surface area contributed by atoms with Crippen LogP contribution in [0.4, 0.5) is 0 Å². The molecule has 2 aromatic rings. The Labute approximate surface area is 128 Å². The minimum atomic E-state index is -0.857. The van der Waals surface area contributed by atoms with Gasteiger partial charge in [0.15, 0.2) is 0 Å². The van der Waals surface area contributed by atoms with Crippen molar-refractivity contribution in [2.75, 3.05) is 0 Å². The molecule has 0 unspecified atom stereocenters. The summed E-state index contributed by atoms with van der Waals surface area (Å²) >= 11 is 11.1. The Morgan fingerprint density at radius 3 is 2.47 bits per heavy atom. The lowest BCUT2D eigenvalue weighted by atomic mass is 10.1. The Hall–Kier alpha value is -0.970. The van der Waals surface area contributed by atoms with E-state index in [2.05, 4.69) is 15.9 Å². The maximum atomic E-state index is 10.6. The van der Waals surface area contributed by atoms with Crippen LogP contribution in [0.1, 0.15) is 5.56 Å². The van der Waals surface area contributed by atoms with Gasteiger partial charge in [0.1, 0.15) is 0 Å². The summed E-state index contributed by atoms with van der Waals surface area (Å²) in [6.07, 6.45) is -0.0110. The monoisotopic (exact) mass is 356 g/mol. The van der Waals surface area contributed by atoms with Gasteiger partial charge >= 0.3 is 5.97 Å². The van der Waals surface area contributed by atoms with Crippen molar-refractivity contribution in [3.05, 3.63) is 57.5 Å². The maximum Gasteiger partial charge on any atom is 0.307 e. The summed E-state index contributed by atoms with van der Waals surface area (Å²) in [5.74, 6) is -0.857. The number of halogens is 2. The third-order valence-electron chi connectivity index (χ3n) is 2.39. The first-order valence-electron chi connectivity index (χ1n) is 5.48. The van der Waals surface area contributed by atoms with Crippen LogP contribution in [0.25, 0.3) is 0 Å². The van der Waals surface area contributed by atoms with Crippen LogP contribution in [0, 0.1) is 0 Å². The molecule has 0 saturated heterocycles. The van der Waals surface area contributed by atoms with Crippen LogP contribution in [0.3, 0.4) is 0 Å². The van der Waals surface area contributed by atoms with E-state index in [9.17, 15) is 4.79 Å². The summed E-state index contributed by atoms with van der Waals surface area (Å²) in [6, 6.07) is 13.3. The molecule has 0 bridgehead atoms. The third kappa shape index (κ3) is 4.27. The minimum absolute atomic E-state index is 0.0110. The first-order chi connectivity index (χ1) is 9.04. The molecular weight excluding hydrogens is 348 g/mol. The number of carboxylic acid groups (broad SMARTS) is 1. The van der Waals surface area contributed by atoms with Crippen molar-refractivity contribution >= 4 is 45.3 Å². The van der Waals surface area contributed by atoms with Crippen molar-refractivity contribution in [3.63, 3.8) is 0 Å². The lowest BCUT2D eigenvalue weighted by Crippen LogP contribution is -1.99. The van der Waals surface area contributed by atoms with Gasteiger partial charge in [0.2, 0.25) is 0 Å². The highest BCUT2D eigenvalue weighted by Crippen LogP contribution is 2.34. The van der Waals surface area contributed by atoms with Gasteiger partial charge in [-0.2, -0.15) is 0 Å². The van der Waals surface area contributed by atoms with E-state index in [0.29, 0.717) is 10.6 Å². The van der Waals surface area contributed by atoms with Crippen LogP contribution >= 0.6 is 39.3 Å². The highest BCUT2D eigenvalue weighted by Gasteiger charge is 2.06. The molecule has 98 valence electrons. The van der Waals surface area contributed by atoms with E-state index < -0.39 is 5.97 Å². The predicted octanol–water partition coefficient (Wildman–Crippen LogP) is 4.88. The van der Waals surface area contributed by atoms with Gasteiger partial charge in [0.25, 0.3) is 0 Å². The fraction of sp³-hybridized carbons (Fsp3) is 0.0714. The van der Waals surface area contributed by atoms with Crippen LogP contribution in [0.5, 0.6) is 0 Å². The molecule has 0 fully saturated rings. The number of benzene rings is 2. The molecule has 0 radical (unpaired) electrons. The molecule has 0 amide bonds. The highest BCUT2D eigenvalue weighted by molar-refractivity contribution is 9.10. The summed E-state index contributed by atoms with van der Waals surface area (Å²) in [7, 11) is 0. The van der Waals surface area contributed by atoms with Crippen LogP contribution < -0.4 is 0 Å². The summed E-state index contributed by atoms with van der Waals surface area (Å²) in [5, 5.41) is 9.31. The summed E-state index contributed by atoms with van der Waals surface area (Å²) < 4.78 is 1.03. The zero-order valence-electron chi connectivity index (χ0n) is 9.77. The lowest BCUT2D eigenvalue weighted by Gasteiger charge is -2.06. The van der Waals surface area contributed by atoms with E-state index in [4.69, 9.17) is 16.7 Å². The molecule has 0 aliphatic rings. The predicted molar refractivity (Wildman–Crippen MR) is 81.1 cm³/mol. The Morgan fingerprint density at radius 2 is 1.89 bits per heavy atom. The van der Waals surface area contributed by atoms with Gasteiger partial charge in [0.05, 0.1) is 11.4 Å². The van der Waals surface area contributed by atoms with E-state index in [-0.39, 0.29) is 6.42 Å². The summed E-state index contributed by atoms with van der Waals surface area (Å²) in [5.41, 5.74) is 0.706. The van der Waals surface area contributed by atoms with Gasteiger partial charge in [-0.1, -0.05) is 45.4 Å². The Kier molecular flexibility index (Phi) is 4.91. The van der Waals surface area contributed by atoms with E-state index in [0.717, 1.165) is 14.3 Å². The fourth-order valence-corrected chi connectivity index (χ4v) is 2.94. The summed E-state index contributed by atoms with van der Waals surface area (Å²) in [6.45, 7) is 0. The molecule has 0 heterocycles. The molecule has 0 atom stereocenters. The third-order valence-corrected chi connectivity index (χ3v) is 4.43. The second-order valence-electron chi connectivity index (χ2n) is 3.89. The average Bonchev–Trinajstić information content (AvgIpc) is 2.34. The molecule has 1 N–H and O–H groups in total. The average molecular weight is 358 g/mol. The van der Waals surface area contributed by atoms with Gasteiger partial charge in [-0.05, 0) is 42.0 Å². The van der Waals surface area contributed by atoms with Crippen LogP contribution in [-0.4, -0.2) is 11.1 Å². The molecule has 0 aliphatic heterocycles. The van der Waals surface area contributed by atoms with E-state index in [1.165, 1.54) is 0 Å². The number of rotatable bonds is 4. The minimum Gasteiger partial charge on any atom is -0.481 e. The molecular formula is C14H10BrClO2S. The largest absolute Gasteiger partial charge is 0.481 e. The second-order valence-corrected chi connectivity index (χ2v) is 6.33. The van der Waals surface area contributed by atoms with Gasteiger partial charge in [-0.25, -0.2) is 0 Å². The van der Waals surface area contributed by atoms with Gasteiger partial charge in [-0.15, -0.1) is 0 Å². The van der Waals surface area contributed by atoms with Gasteiger partial charge < -0.3 is 5.11 Å². The number of hydrogen-bond donors (Lipinski definition) is 1. The quantitative estimate of drug-likeness (QED) is 0.847. The van der Waals surface area contributed by atoms with Crippen molar-refractivity contribution in [3.8, 4) is 0 Å². The first-order valence-corrected chi connectivity index (χ1v) is 7.47. The maximum absolute atomic E-state index is 10.6. The molecule has 2 rings (SSSR count). The van der Waals surface area contributed by atoms with Crippen molar-refractivity contribution in [1.29, 1.82) is 0 Å². The Bertz CT molecular complexity index is 599. The zero-order valence-corrected chi connectivity index (χ0v) is 12.9. The second kappa shape index (κ2) is 6.46. The van der Waals surface area contributed by atoms with Gasteiger partial charge in [0, 0.05) is 14.3 Å². The standard InChI is InChI=1S/C14H10BrClO2S/c15-10-2-4-11(5-3-10)19-13-6-1-9(7-12(13)16)8-14(17)18/h1-7H,8H2,(H,17,18). The van der Waals surface area contributed by atoms with Crippen molar-refractivity contribution in [2.24, 2.45) is 0 Å². The first kappa shape index (κ1) is 14.4. The number of aliphatic carboxylic acids is 1. The Morgan fingerprint density at radius 1 is 1.21 bits per heavy atom. The SMILES string of the molecule is O=C(O)Cc1ccc(Sc2ccc(Br)cc2)c(Cl)c1. The smallest absolute Gasteiger partial charge is 0.307 e. The fourth-order valence-electron chi connectivity index (χ4n) is 1.54. The van der Waals surface area contributed by atoms with E-state index >= 15 is 0 Å². The van der Waals surface area contributed by atoms with E-state index in [1.54, 1.807) is 23.9 Å².